The minimum atomic E-state index is -3.33. The Morgan fingerprint density at radius 1 is 0.950 bits per heavy atom. The van der Waals surface area contributed by atoms with E-state index in [9.17, 15) is 13.2 Å². The maximum Gasteiger partial charge on any atom is 0.240 e. The van der Waals surface area contributed by atoms with Gasteiger partial charge in [0.25, 0.3) is 0 Å². The van der Waals surface area contributed by atoms with E-state index in [1.807, 2.05) is 30.3 Å². The van der Waals surface area contributed by atoms with Crippen molar-refractivity contribution in [3.8, 4) is 0 Å². The molecule has 5 heteroatoms. The molecule has 102 valence electrons. The third-order valence-electron chi connectivity index (χ3n) is 2.87. The molecule has 0 fully saturated rings. The van der Waals surface area contributed by atoms with Crippen molar-refractivity contribution >= 4 is 21.6 Å². The van der Waals surface area contributed by atoms with Crippen LogP contribution in [-0.4, -0.2) is 20.3 Å². The van der Waals surface area contributed by atoms with Crippen LogP contribution in [0.2, 0.25) is 0 Å². The Labute approximate surface area is 117 Å². The molecular weight excluding hydrogens is 274 g/mol. The van der Waals surface area contributed by atoms with E-state index >= 15 is 0 Å². The lowest BCUT2D eigenvalue weighted by molar-refractivity contribution is 0.565. The van der Waals surface area contributed by atoms with Gasteiger partial charge in [-0.25, -0.2) is 13.2 Å². The van der Waals surface area contributed by atoms with Gasteiger partial charge in [0.1, 0.15) is 0 Å². The molecule has 0 aliphatic rings. The van der Waals surface area contributed by atoms with Gasteiger partial charge in [-0.15, -0.1) is 0 Å². The largest absolute Gasteiger partial charge is 0.240 e. The molecule has 2 aromatic rings. The molecule has 0 unspecified atom stereocenters. The predicted octanol–water partition coefficient (Wildman–Crippen LogP) is 2.67. The van der Waals surface area contributed by atoms with Crippen LogP contribution in [0.4, 0.5) is 5.69 Å². The Bertz CT molecular complexity index is 715. The van der Waals surface area contributed by atoms with Crippen molar-refractivity contribution in [3.05, 3.63) is 60.2 Å². The van der Waals surface area contributed by atoms with Gasteiger partial charge in [-0.1, -0.05) is 30.3 Å². The molecule has 0 heterocycles. The van der Waals surface area contributed by atoms with Gasteiger partial charge < -0.3 is 0 Å². The average molecular weight is 287 g/mol. The van der Waals surface area contributed by atoms with E-state index in [0.717, 1.165) is 5.56 Å². The first-order valence-electron chi connectivity index (χ1n) is 6.06. The zero-order valence-corrected chi connectivity index (χ0v) is 11.5. The Balaban J connectivity index is 2.12. The number of nitrogens with zero attached hydrogens (tertiary/aromatic N) is 1. The topological polar surface area (TPSA) is 63.6 Å². The molecule has 0 atom stereocenters. The lowest BCUT2D eigenvalue weighted by Gasteiger charge is -2.05. The Morgan fingerprint density at radius 2 is 1.60 bits per heavy atom. The lowest BCUT2D eigenvalue weighted by Crippen LogP contribution is -2.09. The van der Waals surface area contributed by atoms with E-state index in [2.05, 4.69) is 4.99 Å². The monoisotopic (exact) mass is 287 g/mol. The summed E-state index contributed by atoms with van der Waals surface area (Å²) >= 11 is 0. The second-order valence-electron chi connectivity index (χ2n) is 4.25. The summed E-state index contributed by atoms with van der Waals surface area (Å²) < 4.78 is 24.3. The highest BCUT2D eigenvalue weighted by molar-refractivity contribution is 7.91. The molecular formula is C15H13NO3S. The van der Waals surface area contributed by atoms with Crippen LogP contribution in [0, 0.1) is 0 Å². The van der Waals surface area contributed by atoms with Crippen molar-refractivity contribution in [2.24, 2.45) is 4.99 Å². The first-order chi connectivity index (χ1) is 9.62. The molecule has 0 radical (unpaired) electrons. The van der Waals surface area contributed by atoms with Crippen molar-refractivity contribution in [1.29, 1.82) is 0 Å². The molecule has 0 N–H and O–H groups in total. The standard InChI is InChI=1S/C15H13NO3S/c17-12-16-14-6-8-15(9-7-14)20(18,19)11-10-13-4-2-1-3-5-13/h1-9H,10-11H2. The molecule has 4 nitrogen and oxygen atoms in total. The third-order valence-corrected chi connectivity index (χ3v) is 4.60. The number of hydrogen-bond donors (Lipinski definition) is 0. The molecule has 2 rings (SSSR count). The van der Waals surface area contributed by atoms with Crippen LogP contribution in [0.15, 0.2) is 64.5 Å². The Morgan fingerprint density at radius 3 is 2.20 bits per heavy atom. The summed E-state index contributed by atoms with van der Waals surface area (Å²) in [5, 5.41) is 0. The summed E-state index contributed by atoms with van der Waals surface area (Å²) in [5.74, 6) is 0.0489. The average Bonchev–Trinajstić information content (AvgIpc) is 2.47. The summed E-state index contributed by atoms with van der Waals surface area (Å²) in [6.45, 7) is 0. The SMILES string of the molecule is O=C=Nc1ccc(S(=O)(=O)CCc2ccccc2)cc1. The quantitative estimate of drug-likeness (QED) is 0.627. The fourth-order valence-corrected chi connectivity index (χ4v) is 3.09. The molecule has 0 spiro atoms. The van der Waals surface area contributed by atoms with Gasteiger partial charge in [0.15, 0.2) is 9.84 Å². The number of isocyanates is 1. The van der Waals surface area contributed by atoms with Crippen LogP contribution < -0.4 is 0 Å². The van der Waals surface area contributed by atoms with Gasteiger partial charge in [0.2, 0.25) is 6.08 Å². The highest BCUT2D eigenvalue weighted by atomic mass is 32.2. The maximum absolute atomic E-state index is 12.2. The van der Waals surface area contributed by atoms with Crippen molar-refractivity contribution in [3.63, 3.8) is 0 Å². The normalized spacial score (nSPS) is 10.8. The van der Waals surface area contributed by atoms with Gasteiger partial charge in [0.05, 0.1) is 16.3 Å². The van der Waals surface area contributed by atoms with Crippen LogP contribution in [0.3, 0.4) is 0 Å². The molecule has 0 bridgehead atoms. The van der Waals surface area contributed by atoms with E-state index in [1.165, 1.54) is 30.3 Å². The van der Waals surface area contributed by atoms with Gasteiger partial charge in [-0.05, 0) is 36.2 Å². The number of aliphatic imine (C=N–C) groups is 1. The number of rotatable bonds is 5. The lowest BCUT2D eigenvalue weighted by atomic mass is 10.2. The van der Waals surface area contributed by atoms with E-state index in [-0.39, 0.29) is 10.6 Å². The fraction of sp³-hybridized carbons (Fsp3) is 0.133. The van der Waals surface area contributed by atoms with E-state index < -0.39 is 9.84 Å². The predicted molar refractivity (Wildman–Crippen MR) is 76.4 cm³/mol. The smallest absolute Gasteiger partial charge is 0.224 e. The van der Waals surface area contributed by atoms with E-state index in [4.69, 9.17) is 0 Å². The molecule has 0 aliphatic heterocycles. The van der Waals surface area contributed by atoms with Crippen LogP contribution in [0.5, 0.6) is 0 Å². The van der Waals surface area contributed by atoms with Crippen molar-refractivity contribution in [2.45, 2.75) is 11.3 Å². The summed E-state index contributed by atoms with van der Waals surface area (Å²) in [5.41, 5.74) is 1.38. The number of benzene rings is 2. The minimum Gasteiger partial charge on any atom is -0.224 e. The molecule has 20 heavy (non-hydrogen) atoms. The van der Waals surface area contributed by atoms with Gasteiger partial charge in [-0.3, -0.25) is 0 Å². The summed E-state index contributed by atoms with van der Waals surface area (Å²) in [7, 11) is -3.33. The number of aryl methyl sites for hydroxylation is 1. The number of carbonyl (C=O) groups excluding carboxylic acids is 1. The Kier molecular flexibility index (Phi) is 4.45. The highest BCUT2D eigenvalue weighted by Crippen LogP contribution is 2.18. The molecule has 0 aliphatic carbocycles. The zero-order valence-electron chi connectivity index (χ0n) is 10.7. The molecule has 0 aromatic heterocycles. The molecule has 0 amide bonds. The minimum absolute atomic E-state index is 0.0489. The van der Waals surface area contributed by atoms with Gasteiger partial charge >= 0.3 is 0 Å². The van der Waals surface area contributed by atoms with Crippen molar-refractivity contribution in [1.82, 2.24) is 0 Å². The highest BCUT2D eigenvalue weighted by Gasteiger charge is 2.14. The van der Waals surface area contributed by atoms with Crippen LogP contribution >= 0.6 is 0 Å². The van der Waals surface area contributed by atoms with Gasteiger partial charge in [0, 0.05) is 0 Å². The summed E-state index contributed by atoms with van der Waals surface area (Å²) in [6.07, 6.45) is 1.88. The summed E-state index contributed by atoms with van der Waals surface area (Å²) in [4.78, 5) is 13.8. The number of hydrogen-bond acceptors (Lipinski definition) is 4. The van der Waals surface area contributed by atoms with Crippen LogP contribution in [0.25, 0.3) is 0 Å². The third kappa shape index (κ3) is 3.63. The summed E-state index contributed by atoms with van der Waals surface area (Å²) in [6, 6.07) is 15.3. The van der Waals surface area contributed by atoms with Crippen LogP contribution in [0.1, 0.15) is 5.56 Å². The van der Waals surface area contributed by atoms with Gasteiger partial charge in [-0.2, -0.15) is 4.99 Å². The molecule has 0 saturated heterocycles. The second-order valence-corrected chi connectivity index (χ2v) is 6.36. The first kappa shape index (κ1) is 14.2. The molecule has 0 saturated carbocycles. The Hall–Kier alpha value is -2.23. The van der Waals surface area contributed by atoms with E-state index in [0.29, 0.717) is 12.1 Å². The second kappa shape index (κ2) is 6.28. The molecule has 2 aromatic carbocycles. The van der Waals surface area contributed by atoms with E-state index in [1.54, 1.807) is 0 Å². The zero-order chi connectivity index (χ0) is 14.4. The van der Waals surface area contributed by atoms with Crippen molar-refractivity contribution in [2.75, 3.05) is 5.75 Å². The van der Waals surface area contributed by atoms with Crippen LogP contribution in [-0.2, 0) is 21.1 Å². The first-order valence-corrected chi connectivity index (χ1v) is 7.72. The van der Waals surface area contributed by atoms with Crippen molar-refractivity contribution < 1.29 is 13.2 Å². The maximum atomic E-state index is 12.2. The number of sulfone groups is 1. The fourth-order valence-electron chi connectivity index (χ4n) is 1.80.